The molecule has 0 radical (unpaired) electrons. The summed E-state index contributed by atoms with van der Waals surface area (Å²) >= 11 is 0. The quantitative estimate of drug-likeness (QED) is 0.377. The molecule has 1 heterocycles. The second-order valence-electron chi connectivity index (χ2n) is 8.06. The molecule has 0 spiro atoms. The maximum Gasteiger partial charge on any atom is 0.408 e. The Morgan fingerprint density at radius 2 is 1.70 bits per heavy atom. The van der Waals surface area contributed by atoms with E-state index in [9.17, 15) is 30.0 Å². The number of hydrogen-bond acceptors (Lipinski definition) is 9. The van der Waals surface area contributed by atoms with Gasteiger partial charge in [0.05, 0.1) is 0 Å². The van der Waals surface area contributed by atoms with Crippen LogP contribution in [0.15, 0.2) is 30.3 Å². The van der Waals surface area contributed by atoms with Gasteiger partial charge in [-0.2, -0.15) is 0 Å². The molecule has 10 heteroatoms. The van der Waals surface area contributed by atoms with Crippen molar-refractivity contribution in [2.75, 3.05) is 6.61 Å². The molecular formula is C20H29NO9. The van der Waals surface area contributed by atoms with Crippen LogP contribution in [0, 0.1) is 0 Å². The van der Waals surface area contributed by atoms with Crippen LogP contribution < -0.4 is 5.32 Å². The zero-order valence-electron chi connectivity index (χ0n) is 17.1. The lowest BCUT2D eigenvalue weighted by Gasteiger charge is -2.38. The minimum Gasteiger partial charge on any atom is -0.461 e. The number of aliphatic hydroxyl groups is 4. The molecular weight excluding hydrogens is 398 g/mol. The second-order valence-corrected chi connectivity index (χ2v) is 8.06. The Hall–Kier alpha value is -2.24. The van der Waals surface area contributed by atoms with Crippen LogP contribution in [0.3, 0.4) is 0 Å². The fraction of sp³-hybridized carbons (Fsp3) is 0.600. The molecule has 6 atom stereocenters. The van der Waals surface area contributed by atoms with Crippen molar-refractivity contribution in [3.63, 3.8) is 0 Å². The van der Waals surface area contributed by atoms with E-state index in [2.05, 4.69) is 5.32 Å². The molecule has 1 aliphatic heterocycles. The largest absolute Gasteiger partial charge is 0.461 e. The van der Waals surface area contributed by atoms with Gasteiger partial charge in [-0.25, -0.2) is 9.59 Å². The maximum absolute atomic E-state index is 12.6. The lowest BCUT2D eigenvalue weighted by molar-refractivity contribution is -0.287. The van der Waals surface area contributed by atoms with E-state index in [1.807, 2.05) is 6.07 Å². The van der Waals surface area contributed by atoms with E-state index >= 15 is 0 Å². The van der Waals surface area contributed by atoms with Gasteiger partial charge >= 0.3 is 12.1 Å². The minimum absolute atomic E-state index is 0.122. The van der Waals surface area contributed by atoms with Gasteiger partial charge in [-0.15, -0.1) is 0 Å². The van der Waals surface area contributed by atoms with Gasteiger partial charge in [-0.1, -0.05) is 30.3 Å². The van der Waals surface area contributed by atoms with E-state index in [1.54, 1.807) is 45.0 Å². The van der Waals surface area contributed by atoms with E-state index in [0.29, 0.717) is 0 Å². The summed E-state index contributed by atoms with van der Waals surface area (Å²) in [6, 6.07) is 7.84. The van der Waals surface area contributed by atoms with Crippen LogP contribution in [0.1, 0.15) is 26.3 Å². The maximum atomic E-state index is 12.6. The summed E-state index contributed by atoms with van der Waals surface area (Å²) in [5.41, 5.74) is -0.00300. The van der Waals surface area contributed by atoms with Crippen LogP contribution in [0.25, 0.3) is 0 Å². The summed E-state index contributed by atoms with van der Waals surface area (Å²) in [4.78, 5) is 24.8. The molecule has 1 fully saturated rings. The number of alkyl carbamates (subject to hydrolysis) is 1. The number of rotatable bonds is 6. The molecule has 1 aromatic carbocycles. The number of aliphatic hydroxyl groups excluding tert-OH is 4. The summed E-state index contributed by atoms with van der Waals surface area (Å²) < 4.78 is 15.3. The van der Waals surface area contributed by atoms with Crippen molar-refractivity contribution in [3.05, 3.63) is 35.9 Å². The van der Waals surface area contributed by atoms with E-state index in [1.165, 1.54) is 0 Å². The standard InChI is InChI=1S/C20H29NO9/c1-20(2,3)30-19(27)21-12(9-11-7-5-4-6-8-11)17(25)28-10-13-14(22)15(23)16(24)18(26)29-13/h4-8,12-16,18,22-24,26H,9-10H2,1-3H3,(H,21,27). The fourth-order valence-electron chi connectivity index (χ4n) is 2.83. The van der Waals surface area contributed by atoms with Gasteiger partial charge in [0.15, 0.2) is 6.29 Å². The van der Waals surface area contributed by atoms with Crippen molar-refractivity contribution in [2.24, 2.45) is 0 Å². The first-order valence-electron chi connectivity index (χ1n) is 9.55. The van der Waals surface area contributed by atoms with E-state index < -0.39 is 61.0 Å². The molecule has 2 rings (SSSR count). The summed E-state index contributed by atoms with van der Waals surface area (Å²) in [7, 11) is 0. The van der Waals surface area contributed by atoms with Crippen LogP contribution in [0.2, 0.25) is 0 Å². The zero-order chi connectivity index (χ0) is 22.5. The number of nitrogens with one attached hydrogen (secondary N) is 1. The van der Waals surface area contributed by atoms with E-state index in [0.717, 1.165) is 5.56 Å². The highest BCUT2D eigenvalue weighted by Gasteiger charge is 2.43. The normalized spacial score (nSPS) is 27.8. The van der Waals surface area contributed by atoms with Crippen LogP contribution >= 0.6 is 0 Å². The van der Waals surface area contributed by atoms with Gasteiger partial charge in [0, 0.05) is 6.42 Å². The number of amides is 1. The van der Waals surface area contributed by atoms with Gasteiger partial charge in [0.25, 0.3) is 0 Å². The molecule has 168 valence electrons. The molecule has 5 N–H and O–H groups in total. The Kier molecular flexibility index (Phi) is 8.16. The monoisotopic (exact) mass is 427 g/mol. The van der Waals surface area contributed by atoms with Crippen molar-refractivity contribution in [3.8, 4) is 0 Å². The summed E-state index contributed by atoms with van der Waals surface area (Å²) in [5, 5.41) is 41.2. The molecule has 10 nitrogen and oxygen atoms in total. The first-order valence-corrected chi connectivity index (χ1v) is 9.55. The average molecular weight is 427 g/mol. The summed E-state index contributed by atoms with van der Waals surface area (Å²) in [6.45, 7) is 4.54. The van der Waals surface area contributed by atoms with Crippen molar-refractivity contribution in [1.82, 2.24) is 5.32 Å². The molecule has 6 unspecified atom stereocenters. The van der Waals surface area contributed by atoms with E-state index in [-0.39, 0.29) is 6.42 Å². The fourth-order valence-corrected chi connectivity index (χ4v) is 2.83. The van der Waals surface area contributed by atoms with Gasteiger partial charge < -0.3 is 40.0 Å². The van der Waals surface area contributed by atoms with Crippen LogP contribution in [-0.4, -0.2) is 81.4 Å². The molecule has 1 aliphatic rings. The predicted molar refractivity (Wildman–Crippen MR) is 103 cm³/mol. The average Bonchev–Trinajstić information content (AvgIpc) is 2.66. The highest BCUT2D eigenvalue weighted by atomic mass is 16.7. The Bertz CT molecular complexity index is 706. The first-order chi connectivity index (χ1) is 14.0. The second kappa shape index (κ2) is 10.2. The predicted octanol–water partition coefficient (Wildman–Crippen LogP) is -0.534. The lowest BCUT2D eigenvalue weighted by atomic mass is 9.99. The number of esters is 1. The Balaban J connectivity index is 2.03. The Morgan fingerprint density at radius 3 is 2.30 bits per heavy atom. The molecule has 0 bridgehead atoms. The highest BCUT2D eigenvalue weighted by molar-refractivity contribution is 5.81. The van der Waals surface area contributed by atoms with Crippen molar-refractivity contribution >= 4 is 12.1 Å². The van der Waals surface area contributed by atoms with Gasteiger partial charge in [-0.05, 0) is 26.3 Å². The van der Waals surface area contributed by atoms with Crippen molar-refractivity contribution < 1.29 is 44.2 Å². The third-order valence-corrected chi connectivity index (χ3v) is 4.34. The third-order valence-electron chi connectivity index (χ3n) is 4.34. The molecule has 1 saturated heterocycles. The molecule has 1 amide bonds. The summed E-state index contributed by atoms with van der Waals surface area (Å²) in [5.74, 6) is -0.824. The van der Waals surface area contributed by atoms with Crippen molar-refractivity contribution in [1.29, 1.82) is 0 Å². The Labute approximate surface area is 174 Å². The molecule has 0 aromatic heterocycles. The van der Waals surface area contributed by atoms with Gasteiger partial charge in [0.1, 0.15) is 42.7 Å². The van der Waals surface area contributed by atoms with Gasteiger partial charge in [-0.3, -0.25) is 0 Å². The SMILES string of the molecule is CC(C)(C)OC(=O)NC(Cc1ccccc1)C(=O)OCC1OC(O)C(O)C(O)C1O. The van der Waals surface area contributed by atoms with Gasteiger partial charge in [0.2, 0.25) is 0 Å². The molecule has 1 aromatic rings. The molecule has 0 aliphatic carbocycles. The van der Waals surface area contributed by atoms with Crippen LogP contribution in [0.4, 0.5) is 4.79 Å². The highest BCUT2D eigenvalue weighted by Crippen LogP contribution is 2.20. The lowest BCUT2D eigenvalue weighted by Crippen LogP contribution is -2.59. The summed E-state index contributed by atoms with van der Waals surface area (Å²) in [6.07, 6.45) is -8.62. The molecule has 0 saturated carbocycles. The first kappa shape index (κ1) is 24.0. The smallest absolute Gasteiger partial charge is 0.408 e. The minimum atomic E-state index is -1.74. The van der Waals surface area contributed by atoms with E-state index in [4.69, 9.17) is 14.2 Å². The Morgan fingerprint density at radius 1 is 1.07 bits per heavy atom. The number of hydrogen-bond donors (Lipinski definition) is 5. The molecule has 30 heavy (non-hydrogen) atoms. The zero-order valence-corrected chi connectivity index (χ0v) is 17.1. The number of carbonyl (C=O) groups excluding carboxylic acids is 2. The number of ether oxygens (including phenoxy) is 3. The number of carbonyl (C=O) groups is 2. The van der Waals surface area contributed by atoms with Crippen molar-refractivity contribution in [2.45, 2.75) is 69.5 Å². The number of benzene rings is 1. The van der Waals surface area contributed by atoms with Crippen LogP contribution in [-0.2, 0) is 25.4 Å². The topological polar surface area (TPSA) is 155 Å². The third kappa shape index (κ3) is 6.92. The van der Waals surface area contributed by atoms with Crippen LogP contribution in [0.5, 0.6) is 0 Å².